The van der Waals surface area contributed by atoms with Gasteiger partial charge < -0.3 is 15.0 Å². The summed E-state index contributed by atoms with van der Waals surface area (Å²) in [6, 6.07) is 18.6. The van der Waals surface area contributed by atoms with Crippen molar-refractivity contribution in [3.05, 3.63) is 90.2 Å². The van der Waals surface area contributed by atoms with Crippen LogP contribution in [0.25, 0.3) is 0 Å². The summed E-state index contributed by atoms with van der Waals surface area (Å²) in [6.45, 7) is 1.02. The van der Waals surface area contributed by atoms with E-state index in [1.807, 2.05) is 0 Å². The summed E-state index contributed by atoms with van der Waals surface area (Å²) in [5.74, 6) is -0.925. The lowest BCUT2D eigenvalue weighted by molar-refractivity contribution is -0.139. The van der Waals surface area contributed by atoms with Crippen LogP contribution in [0.5, 0.6) is 5.75 Å². The molecule has 0 aromatic heterocycles. The number of likely N-dealkylation sites (N-methyl/N-ethyl adjacent to an activating group) is 1. The van der Waals surface area contributed by atoms with Crippen molar-refractivity contribution in [3.8, 4) is 5.75 Å². The molecular weight excluding hydrogens is 485 g/mol. The van der Waals surface area contributed by atoms with Gasteiger partial charge in [-0.25, -0.2) is 12.8 Å². The molecule has 0 bridgehead atoms. The normalized spacial score (nSPS) is 11.9. The van der Waals surface area contributed by atoms with Crippen molar-refractivity contribution in [1.82, 2.24) is 10.2 Å². The molecule has 1 N–H and O–H groups in total. The zero-order chi connectivity index (χ0) is 26.3. The monoisotopic (exact) mass is 513 g/mol. The number of benzene rings is 3. The van der Waals surface area contributed by atoms with Crippen LogP contribution < -0.4 is 14.4 Å². The highest BCUT2D eigenvalue weighted by atomic mass is 32.2. The lowest BCUT2D eigenvalue weighted by atomic mass is 10.1. The van der Waals surface area contributed by atoms with Gasteiger partial charge in [0.05, 0.1) is 17.7 Å². The average molecular weight is 514 g/mol. The highest BCUT2D eigenvalue weighted by molar-refractivity contribution is 7.92. The van der Waals surface area contributed by atoms with Crippen LogP contribution in [0.15, 0.2) is 83.8 Å². The van der Waals surface area contributed by atoms with Crippen LogP contribution in [0.4, 0.5) is 10.1 Å². The minimum Gasteiger partial charge on any atom is -0.497 e. The van der Waals surface area contributed by atoms with Crippen LogP contribution >= 0.6 is 0 Å². The Kier molecular flexibility index (Phi) is 8.65. The number of hydrogen-bond donors (Lipinski definition) is 1. The van der Waals surface area contributed by atoms with Crippen LogP contribution in [0.1, 0.15) is 12.5 Å². The molecule has 0 saturated heterocycles. The topological polar surface area (TPSA) is 96.0 Å². The van der Waals surface area contributed by atoms with E-state index in [-0.39, 0.29) is 17.1 Å². The summed E-state index contributed by atoms with van der Waals surface area (Å²) >= 11 is 0. The Labute approximate surface area is 210 Å². The van der Waals surface area contributed by atoms with E-state index >= 15 is 0 Å². The minimum atomic E-state index is -4.18. The second-order valence-electron chi connectivity index (χ2n) is 7.96. The predicted molar refractivity (Wildman–Crippen MR) is 134 cm³/mol. The number of nitrogens with one attached hydrogen (secondary N) is 1. The van der Waals surface area contributed by atoms with Crippen molar-refractivity contribution in [2.24, 2.45) is 0 Å². The van der Waals surface area contributed by atoms with Gasteiger partial charge in [0.15, 0.2) is 0 Å². The highest BCUT2D eigenvalue weighted by Gasteiger charge is 2.32. The molecule has 3 rings (SSSR count). The van der Waals surface area contributed by atoms with E-state index in [1.165, 1.54) is 43.3 Å². The molecule has 0 radical (unpaired) electrons. The Morgan fingerprint density at radius 1 is 0.972 bits per heavy atom. The number of halogens is 1. The molecule has 0 aliphatic carbocycles. The van der Waals surface area contributed by atoms with E-state index in [9.17, 15) is 22.4 Å². The lowest BCUT2D eigenvalue weighted by Gasteiger charge is -2.31. The van der Waals surface area contributed by atoms with Gasteiger partial charge in [-0.1, -0.05) is 30.3 Å². The van der Waals surface area contributed by atoms with Gasteiger partial charge in [0.2, 0.25) is 11.8 Å². The zero-order valence-corrected chi connectivity index (χ0v) is 21.0. The maximum absolute atomic E-state index is 13.6. The quantitative estimate of drug-likeness (QED) is 0.449. The third-order valence-electron chi connectivity index (χ3n) is 5.65. The molecule has 3 aromatic rings. The van der Waals surface area contributed by atoms with Crippen molar-refractivity contribution in [2.45, 2.75) is 24.4 Å². The van der Waals surface area contributed by atoms with E-state index in [0.29, 0.717) is 5.75 Å². The van der Waals surface area contributed by atoms with Crippen molar-refractivity contribution < 1.29 is 27.1 Å². The summed E-state index contributed by atoms with van der Waals surface area (Å²) in [7, 11) is -1.19. The van der Waals surface area contributed by atoms with Crippen molar-refractivity contribution in [3.63, 3.8) is 0 Å². The first-order chi connectivity index (χ1) is 17.2. The Hall–Kier alpha value is -3.92. The summed E-state index contributed by atoms with van der Waals surface area (Å²) < 4.78 is 46.7. The van der Waals surface area contributed by atoms with Crippen molar-refractivity contribution in [2.75, 3.05) is 25.0 Å². The molecule has 1 unspecified atom stereocenters. The molecule has 0 fully saturated rings. The number of ether oxygens (including phenoxy) is 1. The SMILES string of the molecule is CNC(=O)C(C)N(Cc1ccc(OC)cc1)C(=O)CN(c1ccc(F)cc1)S(=O)(=O)c1ccccc1. The van der Waals surface area contributed by atoms with Crippen LogP contribution in [-0.2, 0) is 26.2 Å². The van der Waals surface area contributed by atoms with E-state index in [1.54, 1.807) is 49.4 Å². The minimum absolute atomic E-state index is 0.0248. The molecule has 0 saturated carbocycles. The first kappa shape index (κ1) is 26.7. The van der Waals surface area contributed by atoms with Crippen LogP contribution in [-0.4, -0.2) is 51.9 Å². The van der Waals surface area contributed by atoms with Crippen LogP contribution in [0.3, 0.4) is 0 Å². The maximum atomic E-state index is 13.6. The van der Waals surface area contributed by atoms with Gasteiger partial charge in [0.25, 0.3) is 10.0 Å². The Morgan fingerprint density at radius 3 is 2.14 bits per heavy atom. The number of carbonyl (C=O) groups is 2. The van der Waals surface area contributed by atoms with E-state index in [2.05, 4.69) is 5.32 Å². The fourth-order valence-electron chi connectivity index (χ4n) is 3.57. The zero-order valence-electron chi connectivity index (χ0n) is 20.2. The molecule has 1 atom stereocenters. The third-order valence-corrected chi connectivity index (χ3v) is 7.44. The van der Waals surface area contributed by atoms with Crippen molar-refractivity contribution in [1.29, 1.82) is 0 Å². The van der Waals surface area contributed by atoms with Gasteiger partial charge in [0.1, 0.15) is 24.2 Å². The Balaban J connectivity index is 1.99. The van der Waals surface area contributed by atoms with Gasteiger partial charge in [-0.3, -0.25) is 13.9 Å². The molecule has 36 heavy (non-hydrogen) atoms. The van der Waals surface area contributed by atoms with E-state index < -0.39 is 40.2 Å². The molecule has 10 heteroatoms. The Bertz CT molecular complexity index is 1280. The smallest absolute Gasteiger partial charge is 0.264 e. The van der Waals surface area contributed by atoms with Gasteiger partial charge >= 0.3 is 0 Å². The first-order valence-corrected chi connectivity index (χ1v) is 12.6. The van der Waals surface area contributed by atoms with E-state index in [0.717, 1.165) is 22.0 Å². The van der Waals surface area contributed by atoms with Gasteiger partial charge in [0, 0.05) is 13.6 Å². The fraction of sp³-hybridized carbons (Fsp3) is 0.231. The molecule has 2 amide bonds. The summed E-state index contributed by atoms with van der Waals surface area (Å²) in [6.07, 6.45) is 0. The van der Waals surface area contributed by atoms with Gasteiger partial charge in [-0.2, -0.15) is 0 Å². The number of nitrogens with zero attached hydrogens (tertiary/aromatic N) is 2. The van der Waals surface area contributed by atoms with E-state index in [4.69, 9.17) is 4.74 Å². The molecule has 0 spiro atoms. The largest absolute Gasteiger partial charge is 0.497 e. The highest BCUT2D eigenvalue weighted by Crippen LogP contribution is 2.25. The summed E-state index contributed by atoms with van der Waals surface area (Å²) in [5.41, 5.74) is 0.838. The van der Waals surface area contributed by atoms with Gasteiger partial charge in [-0.15, -0.1) is 0 Å². The molecule has 8 nitrogen and oxygen atoms in total. The number of rotatable bonds is 10. The molecule has 190 valence electrons. The first-order valence-electron chi connectivity index (χ1n) is 11.1. The van der Waals surface area contributed by atoms with Crippen molar-refractivity contribution >= 4 is 27.5 Å². The molecular formula is C26H28FN3O5S. The second kappa shape index (κ2) is 11.7. The maximum Gasteiger partial charge on any atom is 0.264 e. The number of carbonyl (C=O) groups excluding carboxylic acids is 2. The summed E-state index contributed by atoms with van der Waals surface area (Å²) in [5, 5.41) is 2.53. The number of anilines is 1. The standard InChI is InChI=1S/C26H28FN3O5S/c1-19(26(32)28-2)29(17-20-9-15-23(35-3)16-10-20)25(31)18-30(22-13-11-21(27)12-14-22)36(33,34)24-7-5-4-6-8-24/h4-16,19H,17-18H2,1-3H3,(H,28,32). The molecule has 0 heterocycles. The fourth-order valence-corrected chi connectivity index (χ4v) is 5.01. The lowest BCUT2D eigenvalue weighted by Crippen LogP contribution is -2.50. The van der Waals surface area contributed by atoms with Crippen LogP contribution in [0, 0.1) is 5.82 Å². The second-order valence-corrected chi connectivity index (χ2v) is 9.82. The summed E-state index contributed by atoms with van der Waals surface area (Å²) in [4.78, 5) is 27.3. The van der Waals surface area contributed by atoms with Gasteiger partial charge in [-0.05, 0) is 61.0 Å². The molecule has 0 aliphatic heterocycles. The number of methoxy groups -OCH3 is 1. The number of hydrogen-bond acceptors (Lipinski definition) is 5. The molecule has 3 aromatic carbocycles. The van der Waals surface area contributed by atoms with Crippen LogP contribution in [0.2, 0.25) is 0 Å². The average Bonchev–Trinajstić information content (AvgIpc) is 2.90. The third kappa shape index (κ3) is 6.19. The Morgan fingerprint density at radius 2 is 1.58 bits per heavy atom. The predicted octanol–water partition coefficient (Wildman–Crippen LogP) is 3.19. The molecule has 0 aliphatic rings. The number of amides is 2. The number of sulfonamides is 1.